The topological polar surface area (TPSA) is 24.1 Å². The summed E-state index contributed by atoms with van der Waals surface area (Å²) in [6.07, 6.45) is 2.36. The van der Waals surface area contributed by atoms with E-state index in [1.165, 1.54) is 18.9 Å². The smallest absolute Gasteiger partial charge is 0.146 e. The maximum atomic E-state index is 13.5. The summed E-state index contributed by atoms with van der Waals surface area (Å²) in [5, 5.41) is 6.58. The summed E-state index contributed by atoms with van der Waals surface area (Å²) in [6.45, 7) is 4.99. The SMILES string of the molecule is Cc1cccc(F)c1NCC1CCNCC1. The average molecular weight is 222 g/mol. The van der Waals surface area contributed by atoms with Gasteiger partial charge in [-0.25, -0.2) is 4.39 Å². The Morgan fingerprint density at radius 3 is 2.81 bits per heavy atom. The Balaban J connectivity index is 1.93. The molecule has 1 aromatic carbocycles. The van der Waals surface area contributed by atoms with Crippen molar-refractivity contribution in [1.29, 1.82) is 0 Å². The number of para-hydroxylation sites is 1. The second-order valence-electron chi connectivity index (χ2n) is 4.51. The Labute approximate surface area is 96.2 Å². The zero-order valence-corrected chi connectivity index (χ0v) is 9.72. The standard InChI is InChI=1S/C13H19FN2/c1-10-3-2-4-12(14)13(10)16-9-11-5-7-15-8-6-11/h2-4,11,15-16H,5-9H2,1H3. The minimum Gasteiger partial charge on any atom is -0.382 e. The van der Waals surface area contributed by atoms with Gasteiger partial charge in [-0.05, 0) is 50.4 Å². The van der Waals surface area contributed by atoms with Crippen LogP contribution in [0.15, 0.2) is 18.2 Å². The fourth-order valence-corrected chi connectivity index (χ4v) is 2.19. The monoisotopic (exact) mass is 222 g/mol. The van der Waals surface area contributed by atoms with Gasteiger partial charge in [0.05, 0.1) is 5.69 Å². The van der Waals surface area contributed by atoms with Gasteiger partial charge in [0, 0.05) is 6.54 Å². The van der Waals surface area contributed by atoms with Gasteiger partial charge in [-0.1, -0.05) is 12.1 Å². The van der Waals surface area contributed by atoms with Crippen LogP contribution in [0.4, 0.5) is 10.1 Å². The van der Waals surface area contributed by atoms with Crippen LogP contribution in [0.25, 0.3) is 0 Å². The minimum absolute atomic E-state index is 0.145. The molecule has 0 unspecified atom stereocenters. The lowest BCUT2D eigenvalue weighted by Gasteiger charge is -2.23. The number of hydrogen-bond donors (Lipinski definition) is 2. The zero-order chi connectivity index (χ0) is 11.4. The van der Waals surface area contributed by atoms with Gasteiger partial charge in [-0.2, -0.15) is 0 Å². The number of piperidine rings is 1. The highest BCUT2D eigenvalue weighted by molar-refractivity contribution is 5.51. The van der Waals surface area contributed by atoms with Crippen molar-refractivity contribution >= 4 is 5.69 Å². The first-order valence-electron chi connectivity index (χ1n) is 5.97. The molecule has 0 aliphatic carbocycles. The summed E-state index contributed by atoms with van der Waals surface area (Å²) in [5.41, 5.74) is 1.65. The van der Waals surface area contributed by atoms with Gasteiger partial charge in [0.15, 0.2) is 0 Å². The molecule has 0 atom stereocenters. The van der Waals surface area contributed by atoms with E-state index in [0.717, 1.165) is 25.2 Å². The Kier molecular flexibility index (Phi) is 3.78. The molecule has 2 rings (SSSR count). The van der Waals surface area contributed by atoms with E-state index in [9.17, 15) is 4.39 Å². The quantitative estimate of drug-likeness (QED) is 0.821. The summed E-state index contributed by atoms with van der Waals surface area (Å²) >= 11 is 0. The lowest BCUT2D eigenvalue weighted by Crippen LogP contribution is -2.31. The third-order valence-electron chi connectivity index (χ3n) is 3.25. The first-order chi connectivity index (χ1) is 7.77. The van der Waals surface area contributed by atoms with Crippen LogP contribution >= 0.6 is 0 Å². The molecule has 16 heavy (non-hydrogen) atoms. The maximum Gasteiger partial charge on any atom is 0.146 e. The third-order valence-corrected chi connectivity index (χ3v) is 3.25. The van der Waals surface area contributed by atoms with Gasteiger partial charge >= 0.3 is 0 Å². The van der Waals surface area contributed by atoms with Crippen LogP contribution in [0, 0.1) is 18.7 Å². The van der Waals surface area contributed by atoms with E-state index >= 15 is 0 Å². The summed E-state index contributed by atoms with van der Waals surface area (Å²) in [4.78, 5) is 0. The van der Waals surface area contributed by atoms with Gasteiger partial charge in [0.2, 0.25) is 0 Å². The van der Waals surface area contributed by atoms with Gasteiger partial charge < -0.3 is 10.6 Å². The lowest BCUT2D eigenvalue weighted by molar-refractivity contribution is 0.389. The first-order valence-corrected chi connectivity index (χ1v) is 5.97. The van der Waals surface area contributed by atoms with Crippen LogP contribution < -0.4 is 10.6 Å². The van der Waals surface area contributed by atoms with E-state index in [-0.39, 0.29) is 5.82 Å². The molecule has 0 bridgehead atoms. The van der Waals surface area contributed by atoms with Crippen molar-refractivity contribution in [1.82, 2.24) is 5.32 Å². The molecule has 3 heteroatoms. The molecule has 0 radical (unpaired) electrons. The van der Waals surface area contributed by atoms with Crippen LogP contribution in [-0.2, 0) is 0 Å². The summed E-state index contributed by atoms with van der Waals surface area (Å²) in [7, 11) is 0. The highest BCUT2D eigenvalue weighted by Crippen LogP contribution is 2.20. The molecule has 0 saturated carbocycles. The van der Waals surface area contributed by atoms with Crippen molar-refractivity contribution in [2.75, 3.05) is 25.0 Å². The first kappa shape index (κ1) is 11.4. The van der Waals surface area contributed by atoms with Crippen LogP contribution in [0.3, 0.4) is 0 Å². The van der Waals surface area contributed by atoms with Crippen molar-refractivity contribution in [2.24, 2.45) is 5.92 Å². The molecule has 1 aliphatic rings. The van der Waals surface area contributed by atoms with E-state index in [2.05, 4.69) is 10.6 Å². The zero-order valence-electron chi connectivity index (χ0n) is 9.72. The van der Waals surface area contributed by atoms with Gasteiger partial charge in [0.1, 0.15) is 5.82 Å². The van der Waals surface area contributed by atoms with E-state index in [1.807, 2.05) is 13.0 Å². The summed E-state index contributed by atoms with van der Waals surface area (Å²) < 4.78 is 13.5. The van der Waals surface area contributed by atoms with Crippen molar-refractivity contribution in [2.45, 2.75) is 19.8 Å². The molecule has 1 aliphatic heterocycles. The predicted molar refractivity (Wildman–Crippen MR) is 65.2 cm³/mol. The number of halogens is 1. The molecule has 2 nitrogen and oxygen atoms in total. The Morgan fingerprint density at radius 1 is 1.38 bits per heavy atom. The van der Waals surface area contributed by atoms with E-state index in [4.69, 9.17) is 0 Å². The molecule has 0 aromatic heterocycles. The van der Waals surface area contributed by atoms with Crippen molar-refractivity contribution in [3.8, 4) is 0 Å². The molecular formula is C13H19FN2. The highest BCUT2D eigenvalue weighted by Gasteiger charge is 2.13. The Morgan fingerprint density at radius 2 is 2.12 bits per heavy atom. The molecule has 0 spiro atoms. The van der Waals surface area contributed by atoms with Gasteiger partial charge in [0.25, 0.3) is 0 Å². The molecule has 1 fully saturated rings. The number of benzene rings is 1. The summed E-state index contributed by atoms with van der Waals surface area (Å²) in [5.74, 6) is 0.522. The summed E-state index contributed by atoms with van der Waals surface area (Å²) in [6, 6.07) is 5.20. The molecule has 1 saturated heterocycles. The molecule has 1 heterocycles. The molecule has 0 amide bonds. The second kappa shape index (κ2) is 5.30. The molecule has 88 valence electrons. The molecule has 2 N–H and O–H groups in total. The van der Waals surface area contributed by atoms with Crippen molar-refractivity contribution in [3.63, 3.8) is 0 Å². The van der Waals surface area contributed by atoms with Gasteiger partial charge in [-0.15, -0.1) is 0 Å². The van der Waals surface area contributed by atoms with Crippen molar-refractivity contribution < 1.29 is 4.39 Å². The number of rotatable bonds is 3. The molecule has 1 aromatic rings. The van der Waals surface area contributed by atoms with Crippen LogP contribution in [0.2, 0.25) is 0 Å². The normalized spacial score (nSPS) is 17.4. The minimum atomic E-state index is -0.145. The number of hydrogen-bond acceptors (Lipinski definition) is 2. The Hall–Kier alpha value is -1.09. The van der Waals surface area contributed by atoms with E-state index in [0.29, 0.717) is 11.6 Å². The van der Waals surface area contributed by atoms with E-state index in [1.54, 1.807) is 6.07 Å². The maximum absolute atomic E-state index is 13.5. The predicted octanol–water partition coefficient (Wildman–Crippen LogP) is 2.55. The fraction of sp³-hybridized carbons (Fsp3) is 0.538. The third kappa shape index (κ3) is 2.73. The van der Waals surface area contributed by atoms with E-state index < -0.39 is 0 Å². The van der Waals surface area contributed by atoms with Gasteiger partial charge in [-0.3, -0.25) is 0 Å². The lowest BCUT2D eigenvalue weighted by atomic mass is 9.98. The Bertz CT molecular complexity index is 326. The van der Waals surface area contributed by atoms with Crippen molar-refractivity contribution in [3.05, 3.63) is 29.6 Å². The number of nitrogens with one attached hydrogen (secondary N) is 2. The second-order valence-corrected chi connectivity index (χ2v) is 4.51. The number of aryl methyl sites for hydroxylation is 1. The largest absolute Gasteiger partial charge is 0.382 e. The van der Waals surface area contributed by atoms with Crippen LogP contribution in [0.1, 0.15) is 18.4 Å². The molecular weight excluding hydrogens is 203 g/mol. The van der Waals surface area contributed by atoms with Crippen LogP contribution in [-0.4, -0.2) is 19.6 Å². The van der Waals surface area contributed by atoms with Crippen LogP contribution in [0.5, 0.6) is 0 Å². The highest BCUT2D eigenvalue weighted by atomic mass is 19.1. The average Bonchev–Trinajstić information content (AvgIpc) is 2.30. The number of anilines is 1. The fourth-order valence-electron chi connectivity index (χ4n) is 2.19.